The van der Waals surface area contributed by atoms with Gasteiger partial charge in [0.1, 0.15) is 0 Å². The highest BCUT2D eigenvalue weighted by atomic mass is 35.5. The molecule has 1 aromatic rings. The maximum atomic E-state index is 6.13. The third kappa shape index (κ3) is 4.44. The summed E-state index contributed by atoms with van der Waals surface area (Å²) in [5.41, 5.74) is 7.24. The fraction of sp³-hybridized carbons (Fsp3) is 0.538. The van der Waals surface area contributed by atoms with Crippen LogP contribution in [0.3, 0.4) is 0 Å². The smallest absolute Gasteiger partial charge is 0.0670 e. The molecule has 0 aliphatic heterocycles. The summed E-state index contributed by atoms with van der Waals surface area (Å²) in [5.74, 6) is 0.468. The Morgan fingerprint density at radius 3 is 2.65 bits per heavy atom. The van der Waals surface area contributed by atoms with Gasteiger partial charge in [0.2, 0.25) is 0 Å². The topological polar surface area (TPSA) is 47.3 Å². The Morgan fingerprint density at radius 1 is 1.41 bits per heavy atom. The van der Waals surface area contributed by atoms with Crippen LogP contribution >= 0.6 is 11.6 Å². The van der Waals surface area contributed by atoms with E-state index in [-0.39, 0.29) is 6.04 Å². The van der Waals surface area contributed by atoms with Crippen LogP contribution in [-0.2, 0) is 4.74 Å². The van der Waals surface area contributed by atoms with Crippen molar-refractivity contribution in [3.63, 3.8) is 0 Å². The molecule has 4 heteroatoms. The molecule has 0 aliphatic rings. The first-order chi connectivity index (χ1) is 8.04. The second kappa shape index (κ2) is 6.72. The van der Waals surface area contributed by atoms with Crippen molar-refractivity contribution in [3.05, 3.63) is 23.2 Å². The largest absolute Gasteiger partial charge is 0.399 e. The summed E-state index contributed by atoms with van der Waals surface area (Å²) in [6, 6.07) is 5.74. The Hall–Kier alpha value is -0.930. The molecule has 0 saturated heterocycles. The van der Waals surface area contributed by atoms with E-state index in [2.05, 4.69) is 19.2 Å². The Balaban J connectivity index is 2.71. The summed E-state index contributed by atoms with van der Waals surface area (Å²) in [4.78, 5) is 0. The van der Waals surface area contributed by atoms with Crippen molar-refractivity contribution in [2.45, 2.75) is 26.8 Å². The van der Waals surface area contributed by atoms with Crippen LogP contribution in [0.15, 0.2) is 18.2 Å². The van der Waals surface area contributed by atoms with Crippen molar-refractivity contribution in [1.82, 2.24) is 0 Å². The molecule has 1 atom stereocenters. The first-order valence-electron chi connectivity index (χ1n) is 5.94. The number of rotatable bonds is 6. The fourth-order valence-corrected chi connectivity index (χ4v) is 1.74. The Morgan fingerprint density at radius 2 is 2.12 bits per heavy atom. The van der Waals surface area contributed by atoms with Gasteiger partial charge in [-0.25, -0.2) is 0 Å². The molecule has 3 N–H and O–H groups in total. The number of ether oxygens (including phenoxy) is 1. The number of benzene rings is 1. The molecule has 0 aromatic heterocycles. The van der Waals surface area contributed by atoms with Gasteiger partial charge in [0, 0.05) is 12.3 Å². The SMILES string of the molecule is CCOCC(Nc1ccc(N)cc1Cl)C(C)C. The quantitative estimate of drug-likeness (QED) is 0.767. The lowest BCUT2D eigenvalue weighted by atomic mass is 10.0. The van der Waals surface area contributed by atoms with E-state index in [0.717, 1.165) is 12.3 Å². The maximum Gasteiger partial charge on any atom is 0.0670 e. The van der Waals surface area contributed by atoms with Crippen LogP contribution in [0, 0.1) is 5.92 Å². The summed E-state index contributed by atoms with van der Waals surface area (Å²) in [5, 5.41) is 4.04. The summed E-state index contributed by atoms with van der Waals surface area (Å²) in [6.07, 6.45) is 0. The van der Waals surface area contributed by atoms with Crippen LogP contribution in [0.2, 0.25) is 5.02 Å². The second-order valence-electron chi connectivity index (χ2n) is 4.39. The molecule has 0 amide bonds. The van der Waals surface area contributed by atoms with Crippen LogP contribution < -0.4 is 11.1 Å². The van der Waals surface area contributed by atoms with Gasteiger partial charge < -0.3 is 15.8 Å². The number of hydrogen-bond donors (Lipinski definition) is 2. The molecule has 96 valence electrons. The highest BCUT2D eigenvalue weighted by Gasteiger charge is 2.14. The number of nitrogen functional groups attached to an aromatic ring is 1. The minimum atomic E-state index is 0.246. The van der Waals surface area contributed by atoms with Gasteiger partial charge in [0.15, 0.2) is 0 Å². The van der Waals surface area contributed by atoms with Gasteiger partial charge in [0.25, 0.3) is 0 Å². The van der Waals surface area contributed by atoms with Crippen molar-refractivity contribution in [2.24, 2.45) is 5.92 Å². The highest BCUT2D eigenvalue weighted by molar-refractivity contribution is 6.33. The van der Waals surface area contributed by atoms with E-state index in [4.69, 9.17) is 22.1 Å². The lowest BCUT2D eigenvalue weighted by molar-refractivity contribution is 0.127. The van der Waals surface area contributed by atoms with Crippen molar-refractivity contribution in [1.29, 1.82) is 0 Å². The van der Waals surface area contributed by atoms with Gasteiger partial charge in [-0.05, 0) is 31.0 Å². The lowest BCUT2D eigenvalue weighted by Gasteiger charge is -2.24. The zero-order valence-corrected chi connectivity index (χ0v) is 11.4. The zero-order chi connectivity index (χ0) is 12.8. The minimum absolute atomic E-state index is 0.246. The standard InChI is InChI=1S/C13H21ClN2O/c1-4-17-8-13(9(2)3)16-12-6-5-10(15)7-11(12)14/h5-7,9,13,16H,4,8,15H2,1-3H3. The van der Waals surface area contributed by atoms with Crippen molar-refractivity contribution >= 4 is 23.0 Å². The predicted molar refractivity (Wildman–Crippen MR) is 74.6 cm³/mol. The Labute approximate surface area is 108 Å². The third-order valence-electron chi connectivity index (χ3n) is 2.64. The van der Waals surface area contributed by atoms with E-state index in [1.54, 1.807) is 6.07 Å². The average molecular weight is 257 g/mol. The number of anilines is 2. The zero-order valence-electron chi connectivity index (χ0n) is 10.7. The normalized spacial score (nSPS) is 12.8. The fourth-order valence-electron chi connectivity index (χ4n) is 1.49. The van der Waals surface area contributed by atoms with E-state index in [9.17, 15) is 0 Å². The minimum Gasteiger partial charge on any atom is -0.399 e. The van der Waals surface area contributed by atoms with Gasteiger partial charge in [-0.2, -0.15) is 0 Å². The molecule has 0 bridgehead atoms. The van der Waals surface area contributed by atoms with Crippen LogP contribution in [0.5, 0.6) is 0 Å². The molecule has 1 unspecified atom stereocenters. The molecule has 1 rings (SSSR count). The van der Waals surface area contributed by atoms with Crippen LogP contribution in [0.4, 0.5) is 11.4 Å². The first kappa shape index (κ1) is 14.1. The first-order valence-corrected chi connectivity index (χ1v) is 6.31. The van der Waals surface area contributed by atoms with E-state index < -0.39 is 0 Å². The summed E-state index contributed by atoms with van der Waals surface area (Å²) >= 11 is 6.13. The van der Waals surface area contributed by atoms with Crippen molar-refractivity contribution in [3.8, 4) is 0 Å². The van der Waals surface area contributed by atoms with E-state index in [1.165, 1.54) is 0 Å². The van der Waals surface area contributed by atoms with E-state index in [1.807, 2.05) is 19.1 Å². The number of nitrogens with two attached hydrogens (primary N) is 1. The Bertz CT molecular complexity index is 355. The number of nitrogens with one attached hydrogen (secondary N) is 1. The monoisotopic (exact) mass is 256 g/mol. The number of halogens is 1. The molecule has 1 aromatic carbocycles. The Kier molecular flexibility index (Phi) is 5.59. The molecular formula is C13H21ClN2O. The molecule has 0 fully saturated rings. The molecular weight excluding hydrogens is 236 g/mol. The lowest BCUT2D eigenvalue weighted by Crippen LogP contribution is -2.31. The van der Waals surface area contributed by atoms with Gasteiger partial charge >= 0.3 is 0 Å². The third-order valence-corrected chi connectivity index (χ3v) is 2.95. The van der Waals surface area contributed by atoms with Gasteiger partial charge in [-0.3, -0.25) is 0 Å². The number of hydrogen-bond acceptors (Lipinski definition) is 3. The highest BCUT2D eigenvalue weighted by Crippen LogP contribution is 2.25. The second-order valence-corrected chi connectivity index (χ2v) is 4.80. The summed E-state index contributed by atoms with van der Waals surface area (Å²) < 4.78 is 5.46. The predicted octanol–water partition coefficient (Wildman–Crippen LogP) is 3.40. The van der Waals surface area contributed by atoms with Gasteiger partial charge in [-0.1, -0.05) is 25.4 Å². The van der Waals surface area contributed by atoms with Crippen molar-refractivity contribution in [2.75, 3.05) is 24.3 Å². The summed E-state index contributed by atoms with van der Waals surface area (Å²) in [6.45, 7) is 7.70. The van der Waals surface area contributed by atoms with E-state index in [0.29, 0.717) is 23.2 Å². The van der Waals surface area contributed by atoms with Gasteiger partial charge in [-0.15, -0.1) is 0 Å². The molecule has 0 saturated carbocycles. The summed E-state index contributed by atoms with van der Waals surface area (Å²) in [7, 11) is 0. The molecule has 3 nitrogen and oxygen atoms in total. The van der Waals surface area contributed by atoms with Crippen LogP contribution in [0.1, 0.15) is 20.8 Å². The molecule has 0 aliphatic carbocycles. The molecule has 0 radical (unpaired) electrons. The van der Waals surface area contributed by atoms with Gasteiger partial charge in [0.05, 0.1) is 23.4 Å². The molecule has 0 spiro atoms. The van der Waals surface area contributed by atoms with Crippen LogP contribution in [0.25, 0.3) is 0 Å². The van der Waals surface area contributed by atoms with Crippen molar-refractivity contribution < 1.29 is 4.74 Å². The van der Waals surface area contributed by atoms with Crippen LogP contribution in [-0.4, -0.2) is 19.3 Å². The van der Waals surface area contributed by atoms with E-state index >= 15 is 0 Å². The molecule has 17 heavy (non-hydrogen) atoms. The average Bonchev–Trinajstić information content (AvgIpc) is 2.26. The molecule has 0 heterocycles. The maximum absolute atomic E-state index is 6.13.